The first-order valence-electron chi connectivity index (χ1n) is 5.56. The highest BCUT2D eigenvalue weighted by Gasteiger charge is 2.32. The van der Waals surface area contributed by atoms with Crippen molar-refractivity contribution in [2.24, 2.45) is 0 Å². The van der Waals surface area contributed by atoms with E-state index in [1.807, 2.05) is 0 Å². The van der Waals surface area contributed by atoms with E-state index in [9.17, 15) is 12.8 Å². The minimum atomic E-state index is -3.48. The minimum absolute atomic E-state index is 0.0881. The molecule has 5 heteroatoms. The Morgan fingerprint density at radius 2 is 2.12 bits per heavy atom. The number of rotatable bonds is 3. The first-order valence-corrected chi connectivity index (χ1v) is 7.05. The predicted molar refractivity (Wildman–Crippen MR) is 62.6 cm³/mol. The van der Waals surface area contributed by atoms with Crippen molar-refractivity contribution >= 4 is 15.9 Å². The van der Waals surface area contributed by atoms with Crippen molar-refractivity contribution in [1.29, 1.82) is 0 Å². The van der Waals surface area contributed by atoms with Crippen LogP contribution in [0, 0.1) is 5.82 Å². The fraction of sp³-hybridized carbons (Fsp3) is 0.333. The molecule has 0 aromatic heterocycles. The van der Waals surface area contributed by atoms with Gasteiger partial charge in [-0.2, -0.15) is 0 Å². The first-order chi connectivity index (χ1) is 8.09. The summed E-state index contributed by atoms with van der Waals surface area (Å²) in [5, 5.41) is 3.14. The van der Waals surface area contributed by atoms with Crippen molar-refractivity contribution < 1.29 is 12.8 Å². The summed E-state index contributed by atoms with van der Waals surface area (Å²) >= 11 is 0. The maximum absolute atomic E-state index is 13.5. The molecule has 0 radical (unpaired) electrons. The molecule has 0 saturated heterocycles. The Hall–Kier alpha value is -1.20. The van der Waals surface area contributed by atoms with Gasteiger partial charge in [-0.05, 0) is 31.1 Å². The van der Waals surface area contributed by atoms with Crippen LogP contribution in [0.5, 0.6) is 0 Å². The van der Waals surface area contributed by atoms with Gasteiger partial charge in [0.05, 0.1) is 9.80 Å². The van der Waals surface area contributed by atoms with Gasteiger partial charge in [0.2, 0.25) is 9.84 Å². The summed E-state index contributed by atoms with van der Waals surface area (Å²) in [6, 6.07) is 4.59. The summed E-state index contributed by atoms with van der Waals surface area (Å²) in [7, 11) is -3.48. The molecule has 0 amide bonds. The Morgan fingerprint density at radius 1 is 1.35 bits per heavy atom. The first kappa shape index (κ1) is 10.9. The van der Waals surface area contributed by atoms with E-state index in [1.54, 1.807) is 0 Å². The lowest BCUT2D eigenvalue weighted by Gasteiger charge is -2.04. The molecule has 0 atom stereocenters. The van der Waals surface area contributed by atoms with Gasteiger partial charge < -0.3 is 5.32 Å². The molecule has 1 aliphatic carbocycles. The van der Waals surface area contributed by atoms with E-state index >= 15 is 0 Å². The molecule has 0 bridgehead atoms. The molecule has 0 spiro atoms. The van der Waals surface area contributed by atoms with Crippen LogP contribution in [0.3, 0.4) is 0 Å². The van der Waals surface area contributed by atoms with Crippen molar-refractivity contribution in [2.75, 3.05) is 6.54 Å². The summed E-state index contributed by atoms with van der Waals surface area (Å²) < 4.78 is 37.7. The summed E-state index contributed by atoms with van der Waals surface area (Å²) in [4.78, 5) is 0.356. The summed E-state index contributed by atoms with van der Waals surface area (Å²) in [5.41, 5.74) is 0.195. The molecule has 1 aromatic rings. The average Bonchev–Trinajstić information content (AvgIpc) is 3.05. The number of halogens is 1. The Bertz CT molecular complexity index is 603. The summed E-state index contributed by atoms with van der Waals surface area (Å²) in [6.45, 7) is 0.293. The normalized spacial score (nSPS) is 21.1. The maximum Gasteiger partial charge on any atom is 0.204 e. The van der Waals surface area contributed by atoms with Gasteiger partial charge in [-0.15, -0.1) is 0 Å². The van der Waals surface area contributed by atoms with Gasteiger partial charge in [0.15, 0.2) is 0 Å². The van der Waals surface area contributed by atoms with E-state index in [4.69, 9.17) is 0 Å². The fourth-order valence-electron chi connectivity index (χ4n) is 1.95. The maximum atomic E-state index is 13.5. The molecule has 0 unspecified atom stereocenters. The molecule has 3 nitrogen and oxygen atoms in total. The monoisotopic (exact) mass is 253 g/mol. The van der Waals surface area contributed by atoms with E-state index < -0.39 is 15.7 Å². The minimum Gasteiger partial charge on any atom is -0.309 e. The van der Waals surface area contributed by atoms with E-state index in [2.05, 4.69) is 5.32 Å². The van der Waals surface area contributed by atoms with Crippen LogP contribution in [0.2, 0.25) is 0 Å². The van der Waals surface area contributed by atoms with Gasteiger partial charge >= 0.3 is 0 Å². The lowest BCUT2D eigenvalue weighted by Crippen LogP contribution is -2.21. The zero-order valence-corrected chi connectivity index (χ0v) is 9.93. The van der Waals surface area contributed by atoms with Crippen LogP contribution in [0.4, 0.5) is 4.39 Å². The Kier molecular flexibility index (Phi) is 2.34. The van der Waals surface area contributed by atoms with Crippen LogP contribution in [-0.2, 0) is 9.84 Å². The molecular formula is C12H12FNO2S. The standard InChI is InChI=1S/C12H12FNO2S/c13-11-2-1-3-12-10(11)6-9(17(12,15)16)7-14-8-4-5-8/h1-3,6,8,14H,4-5,7H2. The Labute approximate surface area is 99.3 Å². The van der Waals surface area contributed by atoms with Crippen LogP contribution in [0.25, 0.3) is 6.08 Å². The SMILES string of the molecule is O=S1(=O)C(CNC2CC2)=Cc2c(F)cccc21. The largest absolute Gasteiger partial charge is 0.309 e. The predicted octanol–water partition coefficient (Wildman–Crippen LogP) is 1.71. The summed E-state index contributed by atoms with van der Waals surface area (Å²) in [5.74, 6) is -0.479. The quantitative estimate of drug-likeness (QED) is 0.892. The number of benzene rings is 1. The molecule has 1 saturated carbocycles. The third-order valence-corrected chi connectivity index (χ3v) is 4.98. The Morgan fingerprint density at radius 3 is 2.76 bits per heavy atom. The topological polar surface area (TPSA) is 46.2 Å². The van der Waals surface area contributed by atoms with Crippen LogP contribution in [0.1, 0.15) is 18.4 Å². The molecule has 90 valence electrons. The fourth-order valence-corrected chi connectivity index (χ4v) is 3.48. The zero-order chi connectivity index (χ0) is 12.0. The van der Waals surface area contributed by atoms with Gasteiger partial charge in [-0.3, -0.25) is 0 Å². The highest BCUT2D eigenvalue weighted by atomic mass is 32.2. The lowest BCUT2D eigenvalue weighted by molar-refractivity contribution is 0.595. The van der Waals surface area contributed by atoms with Crippen LogP contribution in [-0.4, -0.2) is 21.0 Å². The second-order valence-corrected chi connectivity index (χ2v) is 6.39. The van der Waals surface area contributed by atoms with Crippen LogP contribution in [0.15, 0.2) is 28.0 Å². The Balaban J connectivity index is 1.97. The van der Waals surface area contributed by atoms with Crippen molar-refractivity contribution in [1.82, 2.24) is 5.32 Å². The van der Waals surface area contributed by atoms with E-state index in [-0.39, 0.29) is 15.4 Å². The van der Waals surface area contributed by atoms with Crippen molar-refractivity contribution in [3.63, 3.8) is 0 Å². The van der Waals surface area contributed by atoms with E-state index in [1.165, 1.54) is 24.3 Å². The highest BCUT2D eigenvalue weighted by molar-refractivity contribution is 7.95. The van der Waals surface area contributed by atoms with Crippen molar-refractivity contribution in [2.45, 2.75) is 23.8 Å². The van der Waals surface area contributed by atoms with E-state index in [0.717, 1.165) is 12.8 Å². The molecular weight excluding hydrogens is 241 g/mol. The third-order valence-electron chi connectivity index (χ3n) is 3.10. The second-order valence-electron chi connectivity index (χ2n) is 4.42. The highest BCUT2D eigenvalue weighted by Crippen LogP contribution is 2.34. The zero-order valence-electron chi connectivity index (χ0n) is 9.11. The van der Waals surface area contributed by atoms with Crippen molar-refractivity contribution in [3.8, 4) is 0 Å². The summed E-state index contributed by atoms with van der Waals surface area (Å²) in [6.07, 6.45) is 3.62. The van der Waals surface area contributed by atoms with E-state index in [0.29, 0.717) is 12.6 Å². The number of fused-ring (bicyclic) bond motifs is 1. The smallest absolute Gasteiger partial charge is 0.204 e. The lowest BCUT2D eigenvalue weighted by atomic mass is 10.2. The number of hydrogen-bond donors (Lipinski definition) is 1. The second kappa shape index (κ2) is 3.65. The molecule has 1 heterocycles. The van der Waals surface area contributed by atoms with Crippen molar-refractivity contribution in [3.05, 3.63) is 34.5 Å². The molecule has 1 N–H and O–H groups in total. The number of hydrogen-bond acceptors (Lipinski definition) is 3. The van der Waals surface area contributed by atoms with Gasteiger partial charge in [0, 0.05) is 18.2 Å². The van der Waals surface area contributed by atoms with Crippen LogP contribution >= 0.6 is 0 Å². The molecule has 1 aromatic carbocycles. The van der Waals surface area contributed by atoms with Gasteiger partial charge in [-0.25, -0.2) is 12.8 Å². The van der Waals surface area contributed by atoms with Gasteiger partial charge in [-0.1, -0.05) is 6.07 Å². The number of sulfone groups is 1. The molecule has 1 aliphatic heterocycles. The molecule has 3 rings (SSSR count). The molecule has 1 fully saturated rings. The molecule has 2 aliphatic rings. The van der Waals surface area contributed by atoms with Gasteiger partial charge in [0.1, 0.15) is 5.82 Å². The van der Waals surface area contributed by atoms with Gasteiger partial charge in [0.25, 0.3) is 0 Å². The molecule has 17 heavy (non-hydrogen) atoms. The van der Waals surface area contributed by atoms with Crippen LogP contribution < -0.4 is 5.32 Å². The number of nitrogens with one attached hydrogen (secondary N) is 1. The third kappa shape index (κ3) is 1.79. The average molecular weight is 253 g/mol.